The van der Waals surface area contributed by atoms with E-state index in [1.807, 2.05) is 0 Å². The van der Waals surface area contributed by atoms with Crippen LogP contribution in [0.5, 0.6) is 0 Å². The molecule has 34 heavy (non-hydrogen) atoms. The van der Waals surface area contributed by atoms with Crippen molar-refractivity contribution in [2.75, 3.05) is 6.61 Å². The fraction of sp³-hybridized carbons (Fsp3) is 0.333. The van der Waals surface area contributed by atoms with Crippen LogP contribution in [0.4, 0.5) is 0 Å². The summed E-state index contributed by atoms with van der Waals surface area (Å²) in [5, 5.41) is 10.5. The topological polar surface area (TPSA) is 135 Å². The van der Waals surface area contributed by atoms with Crippen molar-refractivity contribution in [1.29, 1.82) is 0 Å². The number of carbonyl (C=O) groups excluding carboxylic acids is 4. The summed E-state index contributed by atoms with van der Waals surface area (Å²) in [7, 11) is 0. The van der Waals surface area contributed by atoms with Crippen LogP contribution < -0.4 is 0 Å². The Balaban J connectivity index is 1.87. The van der Waals surface area contributed by atoms with Gasteiger partial charge in [0, 0.05) is 13.8 Å². The molecule has 0 spiro atoms. The molecule has 0 aliphatic carbocycles. The molecule has 1 saturated heterocycles. The zero-order valence-corrected chi connectivity index (χ0v) is 18.5. The molecule has 0 unspecified atom stereocenters. The van der Waals surface area contributed by atoms with Gasteiger partial charge in [-0.25, -0.2) is 9.59 Å². The number of hydrogen-bond donors (Lipinski definition) is 1. The standard InChI is InChI=1S/C24H24O10/c1-14(25)31-20-19(34-23(28)17-11-7-4-8-12-17)18(33-24(29)21(20)32-15(2)26)13-30-22(27)16-9-5-3-6-10-16/h3-12,18-21,24,29H,13H2,1-2H3/t18-,19-,20+,21+,24+/m1/s1. The molecule has 3 rings (SSSR count). The number of esters is 4. The van der Waals surface area contributed by atoms with E-state index in [9.17, 15) is 24.3 Å². The van der Waals surface area contributed by atoms with Crippen molar-refractivity contribution in [2.45, 2.75) is 44.6 Å². The van der Waals surface area contributed by atoms with Gasteiger partial charge in [-0.1, -0.05) is 36.4 Å². The second-order valence-corrected chi connectivity index (χ2v) is 7.41. The molecular formula is C24H24O10. The predicted molar refractivity (Wildman–Crippen MR) is 114 cm³/mol. The zero-order valence-electron chi connectivity index (χ0n) is 18.5. The minimum Gasteiger partial charge on any atom is -0.459 e. The first kappa shape index (κ1) is 24.9. The Kier molecular flexibility index (Phi) is 8.34. The summed E-state index contributed by atoms with van der Waals surface area (Å²) in [5.41, 5.74) is 0.463. The molecule has 10 nitrogen and oxygen atoms in total. The second kappa shape index (κ2) is 11.4. The Labute approximate surface area is 195 Å². The molecule has 1 aliphatic heterocycles. The van der Waals surface area contributed by atoms with Gasteiger partial charge in [-0.05, 0) is 24.3 Å². The van der Waals surface area contributed by atoms with Gasteiger partial charge in [-0.2, -0.15) is 0 Å². The molecule has 0 saturated carbocycles. The molecule has 1 heterocycles. The first-order valence-electron chi connectivity index (χ1n) is 10.4. The number of ether oxygens (including phenoxy) is 5. The van der Waals surface area contributed by atoms with E-state index in [0.717, 1.165) is 13.8 Å². The van der Waals surface area contributed by atoms with Crippen molar-refractivity contribution < 1.29 is 48.0 Å². The molecule has 0 bridgehead atoms. The molecular weight excluding hydrogens is 448 g/mol. The molecule has 0 amide bonds. The van der Waals surface area contributed by atoms with Crippen molar-refractivity contribution in [2.24, 2.45) is 0 Å². The minimum absolute atomic E-state index is 0.194. The fourth-order valence-corrected chi connectivity index (χ4v) is 3.40. The van der Waals surface area contributed by atoms with Crippen LogP contribution in [0.25, 0.3) is 0 Å². The van der Waals surface area contributed by atoms with Crippen molar-refractivity contribution in [3.05, 3.63) is 71.8 Å². The summed E-state index contributed by atoms with van der Waals surface area (Å²) < 4.78 is 26.7. The van der Waals surface area contributed by atoms with Gasteiger partial charge in [0.2, 0.25) is 0 Å². The zero-order chi connectivity index (χ0) is 24.7. The highest BCUT2D eigenvalue weighted by atomic mass is 16.7. The quantitative estimate of drug-likeness (QED) is 0.468. The maximum atomic E-state index is 12.8. The van der Waals surface area contributed by atoms with Crippen LogP contribution in [0.3, 0.4) is 0 Å². The number of hydrogen-bond acceptors (Lipinski definition) is 10. The predicted octanol–water partition coefficient (Wildman–Crippen LogP) is 1.65. The van der Waals surface area contributed by atoms with Gasteiger partial charge in [-0.3, -0.25) is 9.59 Å². The molecule has 1 fully saturated rings. The molecule has 10 heteroatoms. The van der Waals surface area contributed by atoms with Gasteiger partial charge >= 0.3 is 23.9 Å². The van der Waals surface area contributed by atoms with Crippen LogP contribution in [0.15, 0.2) is 60.7 Å². The largest absolute Gasteiger partial charge is 0.459 e. The van der Waals surface area contributed by atoms with E-state index >= 15 is 0 Å². The van der Waals surface area contributed by atoms with E-state index in [2.05, 4.69) is 0 Å². The Hall–Kier alpha value is -3.76. The van der Waals surface area contributed by atoms with Gasteiger partial charge in [0.05, 0.1) is 11.1 Å². The maximum absolute atomic E-state index is 12.8. The molecule has 2 aromatic carbocycles. The Morgan fingerprint density at radius 3 is 1.76 bits per heavy atom. The maximum Gasteiger partial charge on any atom is 0.338 e. The van der Waals surface area contributed by atoms with Crippen molar-refractivity contribution in [3.8, 4) is 0 Å². The summed E-state index contributed by atoms with van der Waals surface area (Å²) in [5.74, 6) is -3.04. The molecule has 180 valence electrons. The van der Waals surface area contributed by atoms with E-state index < -0.39 is 61.2 Å². The third kappa shape index (κ3) is 6.40. The summed E-state index contributed by atoms with van der Waals surface area (Å²) in [6.45, 7) is 1.74. The highest BCUT2D eigenvalue weighted by Gasteiger charge is 2.52. The molecule has 1 aliphatic rings. The summed E-state index contributed by atoms with van der Waals surface area (Å²) >= 11 is 0. The average Bonchev–Trinajstić information content (AvgIpc) is 2.82. The lowest BCUT2D eigenvalue weighted by atomic mass is 9.98. The molecule has 1 N–H and O–H groups in total. The highest BCUT2D eigenvalue weighted by molar-refractivity contribution is 5.90. The van der Waals surface area contributed by atoms with Crippen molar-refractivity contribution in [1.82, 2.24) is 0 Å². The molecule has 0 aromatic heterocycles. The monoisotopic (exact) mass is 472 g/mol. The van der Waals surface area contributed by atoms with E-state index in [4.69, 9.17) is 23.7 Å². The van der Waals surface area contributed by atoms with E-state index in [0.29, 0.717) is 0 Å². The number of carbonyl (C=O) groups is 4. The van der Waals surface area contributed by atoms with Crippen LogP contribution in [0.1, 0.15) is 34.6 Å². The number of rotatable bonds is 7. The molecule has 0 radical (unpaired) electrons. The average molecular weight is 472 g/mol. The summed E-state index contributed by atoms with van der Waals surface area (Å²) in [6, 6.07) is 16.1. The van der Waals surface area contributed by atoms with Crippen LogP contribution in [0.2, 0.25) is 0 Å². The van der Waals surface area contributed by atoms with Crippen molar-refractivity contribution >= 4 is 23.9 Å². The second-order valence-electron chi connectivity index (χ2n) is 7.41. The van der Waals surface area contributed by atoms with Crippen LogP contribution in [-0.4, -0.2) is 66.3 Å². The van der Waals surface area contributed by atoms with Crippen LogP contribution in [0, 0.1) is 0 Å². The third-order valence-corrected chi connectivity index (χ3v) is 4.85. The van der Waals surface area contributed by atoms with Crippen LogP contribution >= 0.6 is 0 Å². The minimum atomic E-state index is -1.75. The third-order valence-electron chi connectivity index (χ3n) is 4.85. The normalized spacial score (nSPS) is 23.9. The molecule has 2 aromatic rings. The van der Waals surface area contributed by atoms with E-state index in [1.54, 1.807) is 48.5 Å². The van der Waals surface area contributed by atoms with Gasteiger partial charge < -0.3 is 28.8 Å². The highest BCUT2D eigenvalue weighted by Crippen LogP contribution is 2.29. The van der Waals surface area contributed by atoms with E-state index in [1.165, 1.54) is 12.1 Å². The Morgan fingerprint density at radius 1 is 0.735 bits per heavy atom. The van der Waals surface area contributed by atoms with E-state index in [-0.39, 0.29) is 11.1 Å². The van der Waals surface area contributed by atoms with Crippen molar-refractivity contribution in [3.63, 3.8) is 0 Å². The lowest BCUT2D eigenvalue weighted by molar-refractivity contribution is -0.292. The fourth-order valence-electron chi connectivity index (χ4n) is 3.40. The van der Waals surface area contributed by atoms with Gasteiger partial charge in [0.25, 0.3) is 0 Å². The SMILES string of the molecule is CC(=O)O[C@@H]1[C@H](OC(C)=O)[C@@H](O)O[C@H](COC(=O)c2ccccc2)[C@H]1OC(=O)c1ccccc1. The number of benzene rings is 2. The summed E-state index contributed by atoms with van der Waals surface area (Å²) in [4.78, 5) is 48.5. The molecule has 5 atom stereocenters. The Morgan fingerprint density at radius 2 is 1.24 bits per heavy atom. The first-order chi connectivity index (χ1) is 16.3. The number of aliphatic hydroxyl groups is 1. The van der Waals surface area contributed by atoms with Gasteiger partial charge in [-0.15, -0.1) is 0 Å². The van der Waals surface area contributed by atoms with Crippen LogP contribution in [-0.2, 0) is 33.3 Å². The van der Waals surface area contributed by atoms with Gasteiger partial charge in [0.15, 0.2) is 24.6 Å². The lowest BCUT2D eigenvalue weighted by Crippen LogP contribution is -2.62. The lowest BCUT2D eigenvalue weighted by Gasteiger charge is -2.42. The first-order valence-corrected chi connectivity index (χ1v) is 10.4. The van der Waals surface area contributed by atoms with Gasteiger partial charge in [0.1, 0.15) is 12.7 Å². The summed E-state index contributed by atoms with van der Waals surface area (Å²) in [6.07, 6.45) is -7.30. The smallest absolute Gasteiger partial charge is 0.338 e. The number of aliphatic hydroxyl groups excluding tert-OH is 1. The Bertz CT molecular complexity index is 1010.